The number of imidazole rings is 1. The Bertz CT molecular complexity index is 1150. The summed E-state index contributed by atoms with van der Waals surface area (Å²) in [6.45, 7) is 0.481. The fourth-order valence-corrected chi connectivity index (χ4v) is 3.11. The molecule has 4 nitrogen and oxygen atoms in total. The number of nitrogens with one attached hydrogen (secondary N) is 1. The number of ether oxygens (including phenoxy) is 1. The zero-order valence-corrected chi connectivity index (χ0v) is 16.5. The molecule has 1 aromatic heterocycles. The number of nitriles is 1. The highest BCUT2D eigenvalue weighted by Crippen LogP contribution is 2.22. The van der Waals surface area contributed by atoms with Crippen molar-refractivity contribution in [3.05, 3.63) is 94.2 Å². The first-order valence-electron chi connectivity index (χ1n) is 8.75. The Morgan fingerprint density at radius 1 is 1.07 bits per heavy atom. The largest absolute Gasteiger partial charge is 0.489 e. The summed E-state index contributed by atoms with van der Waals surface area (Å²) in [6.07, 6.45) is 1.81. The van der Waals surface area contributed by atoms with Crippen molar-refractivity contribution in [1.29, 1.82) is 5.26 Å². The van der Waals surface area contributed by atoms with Gasteiger partial charge in [-0.2, -0.15) is 5.26 Å². The molecule has 0 fully saturated rings. The summed E-state index contributed by atoms with van der Waals surface area (Å²) in [5.74, 6) is 1.31. The highest BCUT2D eigenvalue weighted by molar-refractivity contribution is 9.10. The topological polar surface area (TPSA) is 61.7 Å². The zero-order valence-electron chi connectivity index (χ0n) is 14.9. The molecule has 0 spiro atoms. The lowest BCUT2D eigenvalue weighted by molar-refractivity contribution is 0.306. The normalized spacial score (nSPS) is 11.4. The summed E-state index contributed by atoms with van der Waals surface area (Å²) in [4.78, 5) is 7.70. The van der Waals surface area contributed by atoms with Crippen molar-refractivity contribution < 1.29 is 4.74 Å². The van der Waals surface area contributed by atoms with Crippen LogP contribution in [0.15, 0.2) is 77.3 Å². The number of nitrogens with zero attached hydrogens (tertiary/aromatic N) is 2. The third-order valence-corrected chi connectivity index (χ3v) is 4.78. The molecule has 1 N–H and O–H groups in total. The highest BCUT2D eigenvalue weighted by atomic mass is 79.9. The van der Waals surface area contributed by atoms with Crippen LogP contribution in [0.25, 0.3) is 22.7 Å². The van der Waals surface area contributed by atoms with Gasteiger partial charge in [0.05, 0.1) is 16.6 Å². The molecule has 1 heterocycles. The van der Waals surface area contributed by atoms with Gasteiger partial charge in [-0.25, -0.2) is 4.98 Å². The van der Waals surface area contributed by atoms with Crippen LogP contribution in [-0.4, -0.2) is 9.97 Å². The van der Waals surface area contributed by atoms with E-state index in [1.165, 1.54) is 0 Å². The Morgan fingerprint density at radius 2 is 1.89 bits per heavy atom. The monoisotopic (exact) mass is 429 g/mol. The summed E-state index contributed by atoms with van der Waals surface area (Å²) in [5, 5.41) is 9.60. The second kappa shape index (κ2) is 8.12. The fourth-order valence-electron chi connectivity index (χ4n) is 2.84. The minimum Gasteiger partial charge on any atom is -0.489 e. The van der Waals surface area contributed by atoms with Crippen LogP contribution in [0.3, 0.4) is 0 Å². The summed E-state index contributed by atoms with van der Waals surface area (Å²) in [6, 6.07) is 25.6. The summed E-state index contributed by atoms with van der Waals surface area (Å²) >= 11 is 3.43. The number of rotatable bonds is 5. The molecule has 3 aromatic carbocycles. The predicted octanol–water partition coefficient (Wildman–Crippen LogP) is 5.97. The van der Waals surface area contributed by atoms with Crippen LogP contribution in [-0.2, 0) is 6.61 Å². The van der Waals surface area contributed by atoms with E-state index in [-0.39, 0.29) is 0 Å². The molecule has 0 unspecified atom stereocenters. The molecule has 0 aliphatic heterocycles. The van der Waals surface area contributed by atoms with Gasteiger partial charge in [-0.15, -0.1) is 0 Å². The van der Waals surface area contributed by atoms with Gasteiger partial charge in [-0.3, -0.25) is 0 Å². The Hall–Kier alpha value is -3.36. The van der Waals surface area contributed by atoms with Crippen LogP contribution in [0.5, 0.6) is 5.75 Å². The van der Waals surface area contributed by atoms with Gasteiger partial charge < -0.3 is 9.72 Å². The molecule has 0 saturated carbocycles. The van der Waals surface area contributed by atoms with Crippen LogP contribution in [0.1, 0.15) is 17.0 Å². The zero-order chi connectivity index (χ0) is 19.3. The van der Waals surface area contributed by atoms with E-state index in [4.69, 9.17) is 4.74 Å². The van der Waals surface area contributed by atoms with Gasteiger partial charge in [-0.05, 0) is 53.6 Å². The standard InChI is InChI=1S/C23H16BrN3O/c24-19-10-8-16(9-11-19)15-28-20-5-3-4-17(13-20)12-18(14-25)23-26-21-6-1-2-7-22(21)27-23/h1-13H,15H2,(H,26,27). The minimum atomic E-state index is 0.473. The lowest BCUT2D eigenvalue weighted by Crippen LogP contribution is -1.95. The maximum atomic E-state index is 9.60. The molecule has 4 aromatic rings. The van der Waals surface area contributed by atoms with E-state index in [1.54, 1.807) is 0 Å². The molecule has 0 atom stereocenters. The van der Waals surface area contributed by atoms with Crippen molar-refractivity contribution >= 4 is 38.6 Å². The Balaban J connectivity index is 1.55. The number of hydrogen-bond donors (Lipinski definition) is 1. The number of fused-ring (bicyclic) bond motifs is 1. The maximum absolute atomic E-state index is 9.60. The van der Waals surface area contributed by atoms with Crippen molar-refractivity contribution in [2.45, 2.75) is 6.61 Å². The quantitative estimate of drug-likeness (QED) is 0.397. The molecular weight excluding hydrogens is 414 g/mol. The van der Waals surface area contributed by atoms with Crippen molar-refractivity contribution in [3.8, 4) is 11.8 Å². The Morgan fingerprint density at radius 3 is 2.68 bits per heavy atom. The van der Waals surface area contributed by atoms with Crippen LogP contribution in [0, 0.1) is 11.3 Å². The third kappa shape index (κ3) is 4.13. The molecule has 0 bridgehead atoms. The van der Waals surface area contributed by atoms with Gasteiger partial charge in [0.1, 0.15) is 24.3 Å². The smallest absolute Gasteiger partial charge is 0.149 e. The van der Waals surface area contributed by atoms with E-state index in [1.807, 2.05) is 78.9 Å². The van der Waals surface area contributed by atoms with Crippen LogP contribution in [0.4, 0.5) is 0 Å². The first-order chi connectivity index (χ1) is 13.7. The number of H-pyrrole nitrogens is 1. The highest BCUT2D eigenvalue weighted by Gasteiger charge is 2.08. The third-order valence-electron chi connectivity index (χ3n) is 4.25. The van der Waals surface area contributed by atoms with Crippen LogP contribution >= 0.6 is 15.9 Å². The number of benzene rings is 3. The molecule has 0 radical (unpaired) electrons. The van der Waals surface area contributed by atoms with Gasteiger partial charge in [0, 0.05) is 4.47 Å². The van der Waals surface area contributed by atoms with Crippen molar-refractivity contribution in [2.24, 2.45) is 0 Å². The van der Waals surface area contributed by atoms with Gasteiger partial charge in [0.15, 0.2) is 0 Å². The maximum Gasteiger partial charge on any atom is 0.149 e. The van der Waals surface area contributed by atoms with Gasteiger partial charge in [-0.1, -0.05) is 52.3 Å². The summed E-state index contributed by atoms with van der Waals surface area (Å²) < 4.78 is 6.93. The first-order valence-corrected chi connectivity index (χ1v) is 9.55. The average molecular weight is 430 g/mol. The van der Waals surface area contributed by atoms with Crippen molar-refractivity contribution in [1.82, 2.24) is 9.97 Å². The van der Waals surface area contributed by atoms with E-state index in [9.17, 15) is 5.26 Å². The molecule has 5 heteroatoms. The molecule has 0 aliphatic carbocycles. The number of aromatic amines is 1. The van der Waals surface area contributed by atoms with E-state index < -0.39 is 0 Å². The second-order valence-corrected chi connectivity index (χ2v) is 7.18. The molecule has 136 valence electrons. The lowest BCUT2D eigenvalue weighted by Gasteiger charge is -2.07. The summed E-state index contributed by atoms with van der Waals surface area (Å²) in [5.41, 5.74) is 4.19. The second-order valence-electron chi connectivity index (χ2n) is 6.26. The fraction of sp³-hybridized carbons (Fsp3) is 0.0435. The van der Waals surface area contributed by atoms with Gasteiger partial charge in [0.25, 0.3) is 0 Å². The van der Waals surface area contributed by atoms with E-state index >= 15 is 0 Å². The average Bonchev–Trinajstić information content (AvgIpc) is 3.16. The van der Waals surface area contributed by atoms with Crippen LogP contribution < -0.4 is 4.74 Å². The van der Waals surface area contributed by atoms with E-state index in [0.29, 0.717) is 18.0 Å². The molecular formula is C23H16BrN3O. The van der Waals surface area contributed by atoms with Gasteiger partial charge >= 0.3 is 0 Å². The molecule has 28 heavy (non-hydrogen) atoms. The number of aromatic nitrogens is 2. The van der Waals surface area contributed by atoms with Crippen molar-refractivity contribution in [2.75, 3.05) is 0 Å². The number of para-hydroxylation sites is 2. The SMILES string of the molecule is N#CC(=Cc1cccc(OCc2ccc(Br)cc2)c1)c1nc2ccccc2[nH]1. The molecule has 0 amide bonds. The van der Waals surface area contributed by atoms with E-state index in [2.05, 4.69) is 32.0 Å². The Labute approximate surface area is 171 Å². The minimum absolute atomic E-state index is 0.473. The molecule has 0 aliphatic rings. The van der Waals surface area contributed by atoms with Gasteiger partial charge in [0.2, 0.25) is 0 Å². The number of halogens is 1. The number of allylic oxidation sites excluding steroid dienone is 1. The number of hydrogen-bond acceptors (Lipinski definition) is 3. The Kier molecular flexibility index (Phi) is 5.22. The molecule has 0 saturated heterocycles. The molecule has 4 rings (SSSR count). The van der Waals surface area contributed by atoms with E-state index in [0.717, 1.165) is 32.4 Å². The van der Waals surface area contributed by atoms with Crippen LogP contribution in [0.2, 0.25) is 0 Å². The summed E-state index contributed by atoms with van der Waals surface area (Å²) in [7, 11) is 0. The first kappa shape index (κ1) is 18.0. The predicted molar refractivity (Wildman–Crippen MR) is 114 cm³/mol. The lowest BCUT2D eigenvalue weighted by atomic mass is 10.1. The van der Waals surface area contributed by atoms with Crippen molar-refractivity contribution in [3.63, 3.8) is 0 Å².